The molecule has 5 nitrogen and oxygen atoms in total. The highest BCUT2D eigenvalue weighted by Crippen LogP contribution is 2.30. The van der Waals surface area contributed by atoms with Gasteiger partial charge < -0.3 is 9.47 Å². The quantitative estimate of drug-likeness (QED) is 0.765. The summed E-state index contributed by atoms with van der Waals surface area (Å²) in [6.45, 7) is 10.2. The van der Waals surface area contributed by atoms with E-state index in [9.17, 15) is 4.79 Å². The molecule has 0 radical (unpaired) electrons. The van der Waals surface area contributed by atoms with E-state index in [1.807, 2.05) is 6.92 Å². The van der Waals surface area contributed by atoms with E-state index < -0.39 is 0 Å². The summed E-state index contributed by atoms with van der Waals surface area (Å²) >= 11 is 1.42. The number of nitrogens with zero attached hydrogens (tertiary/aromatic N) is 2. The topological polar surface area (TPSA) is 51.7 Å². The van der Waals surface area contributed by atoms with E-state index in [1.165, 1.54) is 22.5 Å². The molecule has 2 heterocycles. The average molecular weight is 360 g/mol. The van der Waals surface area contributed by atoms with Crippen molar-refractivity contribution in [3.05, 3.63) is 39.9 Å². The predicted molar refractivity (Wildman–Crippen MR) is 99.1 cm³/mol. The lowest BCUT2D eigenvalue weighted by atomic mass is 10.1. The molecule has 0 atom stereocenters. The highest BCUT2D eigenvalue weighted by molar-refractivity contribution is 7.17. The number of aromatic nitrogens is 1. The van der Waals surface area contributed by atoms with Gasteiger partial charge in [-0.25, -0.2) is 9.78 Å². The van der Waals surface area contributed by atoms with Crippen LogP contribution >= 0.6 is 11.3 Å². The first-order valence-corrected chi connectivity index (χ1v) is 9.44. The summed E-state index contributed by atoms with van der Waals surface area (Å²) in [6.07, 6.45) is 0. The number of carbonyl (C=O) groups is 1. The Balaban J connectivity index is 1.92. The van der Waals surface area contributed by atoms with E-state index in [0.717, 1.165) is 42.6 Å². The first-order chi connectivity index (χ1) is 12.1. The van der Waals surface area contributed by atoms with E-state index in [0.29, 0.717) is 18.0 Å². The van der Waals surface area contributed by atoms with Crippen molar-refractivity contribution in [3.63, 3.8) is 0 Å². The Hall–Kier alpha value is -1.76. The van der Waals surface area contributed by atoms with Gasteiger partial charge in [0.2, 0.25) is 0 Å². The van der Waals surface area contributed by atoms with Crippen molar-refractivity contribution in [3.8, 4) is 10.6 Å². The number of carbonyl (C=O) groups excluding carboxylic acids is 1. The molecule has 1 aromatic carbocycles. The van der Waals surface area contributed by atoms with Crippen molar-refractivity contribution in [1.29, 1.82) is 0 Å². The number of rotatable bonds is 5. The highest BCUT2D eigenvalue weighted by Gasteiger charge is 2.22. The number of thiazole rings is 1. The predicted octanol–water partition coefficient (Wildman–Crippen LogP) is 3.44. The van der Waals surface area contributed by atoms with Crippen LogP contribution in [-0.2, 0) is 16.0 Å². The van der Waals surface area contributed by atoms with Crippen molar-refractivity contribution in [2.75, 3.05) is 32.9 Å². The minimum atomic E-state index is -0.279. The summed E-state index contributed by atoms with van der Waals surface area (Å²) in [7, 11) is 0. The second kappa shape index (κ2) is 8.08. The third-order valence-corrected chi connectivity index (χ3v) is 5.52. The van der Waals surface area contributed by atoms with Crippen LogP contribution in [0.1, 0.15) is 33.4 Å². The number of benzene rings is 1. The lowest BCUT2D eigenvalue weighted by Gasteiger charge is -2.25. The molecule has 25 heavy (non-hydrogen) atoms. The smallest absolute Gasteiger partial charge is 0.350 e. The minimum absolute atomic E-state index is 0.279. The molecular formula is C19H24N2O3S. The second-order valence-electron chi connectivity index (χ2n) is 6.20. The van der Waals surface area contributed by atoms with E-state index in [2.05, 4.69) is 36.9 Å². The Morgan fingerprint density at radius 3 is 2.72 bits per heavy atom. The molecule has 3 rings (SSSR count). The van der Waals surface area contributed by atoms with Gasteiger partial charge in [0.25, 0.3) is 0 Å². The van der Waals surface area contributed by atoms with Gasteiger partial charge in [-0.1, -0.05) is 12.1 Å². The Morgan fingerprint density at radius 1 is 1.28 bits per heavy atom. The Morgan fingerprint density at radius 2 is 2.04 bits per heavy atom. The fourth-order valence-electron chi connectivity index (χ4n) is 2.78. The van der Waals surface area contributed by atoms with Gasteiger partial charge in [0.05, 0.1) is 25.5 Å². The number of hydrogen-bond acceptors (Lipinski definition) is 6. The molecule has 1 saturated heterocycles. The zero-order chi connectivity index (χ0) is 17.8. The Bertz CT molecular complexity index is 751. The van der Waals surface area contributed by atoms with Crippen LogP contribution in [0.15, 0.2) is 18.2 Å². The molecule has 0 aliphatic carbocycles. The van der Waals surface area contributed by atoms with Gasteiger partial charge in [0.1, 0.15) is 9.88 Å². The van der Waals surface area contributed by atoms with Crippen molar-refractivity contribution >= 4 is 17.3 Å². The maximum Gasteiger partial charge on any atom is 0.350 e. The second-order valence-corrected chi connectivity index (χ2v) is 7.20. The molecule has 0 saturated carbocycles. The van der Waals surface area contributed by atoms with Gasteiger partial charge in [-0.2, -0.15) is 0 Å². The molecule has 0 N–H and O–H groups in total. The fourth-order valence-corrected chi connectivity index (χ4v) is 3.75. The van der Waals surface area contributed by atoms with Crippen molar-refractivity contribution in [1.82, 2.24) is 9.88 Å². The zero-order valence-corrected chi connectivity index (χ0v) is 15.8. The number of ether oxygens (including phenoxy) is 2. The van der Waals surface area contributed by atoms with Crippen molar-refractivity contribution in [2.45, 2.75) is 27.3 Å². The van der Waals surface area contributed by atoms with Gasteiger partial charge in [-0.05, 0) is 38.0 Å². The highest BCUT2D eigenvalue weighted by atomic mass is 32.1. The number of hydrogen-bond donors (Lipinski definition) is 0. The molecule has 1 aliphatic rings. The van der Waals surface area contributed by atoms with Gasteiger partial charge >= 0.3 is 5.97 Å². The van der Waals surface area contributed by atoms with Crippen LogP contribution in [0.5, 0.6) is 0 Å². The minimum Gasteiger partial charge on any atom is -0.462 e. The molecule has 0 spiro atoms. The summed E-state index contributed by atoms with van der Waals surface area (Å²) in [4.78, 5) is 20.0. The van der Waals surface area contributed by atoms with E-state index in [-0.39, 0.29) is 5.97 Å². The number of morpholine rings is 1. The molecule has 1 aromatic heterocycles. The van der Waals surface area contributed by atoms with Crippen molar-refractivity contribution in [2.24, 2.45) is 0 Å². The molecule has 2 aromatic rings. The van der Waals surface area contributed by atoms with Gasteiger partial charge in [-0.15, -0.1) is 11.3 Å². The first-order valence-electron chi connectivity index (χ1n) is 8.63. The lowest BCUT2D eigenvalue weighted by Crippen LogP contribution is -2.36. The number of aryl methyl sites for hydroxylation is 2. The average Bonchev–Trinajstić information content (AvgIpc) is 3.02. The molecule has 134 valence electrons. The molecule has 1 aliphatic heterocycles. The molecular weight excluding hydrogens is 336 g/mol. The van der Waals surface area contributed by atoms with Crippen LogP contribution in [-0.4, -0.2) is 48.8 Å². The largest absolute Gasteiger partial charge is 0.462 e. The summed E-state index contributed by atoms with van der Waals surface area (Å²) in [5.74, 6) is -0.279. The molecule has 0 bridgehead atoms. The fraction of sp³-hybridized carbons (Fsp3) is 0.474. The lowest BCUT2D eigenvalue weighted by molar-refractivity contribution is 0.0332. The van der Waals surface area contributed by atoms with Crippen LogP contribution < -0.4 is 0 Å². The zero-order valence-electron chi connectivity index (χ0n) is 15.0. The Labute approximate surface area is 152 Å². The summed E-state index contributed by atoms with van der Waals surface area (Å²) in [5.41, 5.74) is 4.32. The monoisotopic (exact) mass is 360 g/mol. The molecule has 6 heteroatoms. The summed E-state index contributed by atoms with van der Waals surface area (Å²) < 4.78 is 10.6. The molecule has 0 unspecified atom stereocenters. The Kier molecular flexibility index (Phi) is 5.83. The SMILES string of the molecule is CCOC(=O)c1sc(-c2ccc(C)c(C)c2)nc1CN1CCOCC1. The van der Waals surface area contributed by atoms with E-state index in [4.69, 9.17) is 14.5 Å². The van der Waals surface area contributed by atoms with Crippen molar-refractivity contribution < 1.29 is 14.3 Å². The van der Waals surface area contributed by atoms with Gasteiger partial charge in [0.15, 0.2) is 0 Å². The van der Waals surface area contributed by atoms with Gasteiger partial charge in [0, 0.05) is 25.2 Å². The molecule has 0 amide bonds. The van der Waals surface area contributed by atoms with E-state index >= 15 is 0 Å². The third kappa shape index (κ3) is 4.26. The standard InChI is InChI=1S/C19H24N2O3S/c1-4-24-19(22)17-16(12-21-7-9-23-10-8-21)20-18(25-17)15-6-5-13(2)14(3)11-15/h5-6,11H,4,7-10,12H2,1-3H3. The van der Waals surface area contributed by atoms with Crippen LogP contribution in [0.4, 0.5) is 0 Å². The van der Waals surface area contributed by atoms with Gasteiger partial charge in [-0.3, -0.25) is 4.90 Å². The third-order valence-electron chi connectivity index (χ3n) is 4.39. The summed E-state index contributed by atoms with van der Waals surface area (Å²) in [5, 5.41) is 0.870. The van der Waals surface area contributed by atoms with Crippen LogP contribution in [0.3, 0.4) is 0 Å². The first kappa shape index (κ1) is 18.0. The summed E-state index contributed by atoms with van der Waals surface area (Å²) in [6, 6.07) is 6.29. The van der Waals surface area contributed by atoms with Crippen LogP contribution in [0, 0.1) is 13.8 Å². The van der Waals surface area contributed by atoms with Crippen LogP contribution in [0.2, 0.25) is 0 Å². The maximum absolute atomic E-state index is 12.4. The van der Waals surface area contributed by atoms with Crippen LogP contribution in [0.25, 0.3) is 10.6 Å². The van der Waals surface area contributed by atoms with E-state index in [1.54, 1.807) is 0 Å². The molecule has 1 fully saturated rings. The maximum atomic E-state index is 12.4. The number of esters is 1. The normalized spacial score (nSPS) is 15.3.